The normalized spacial score (nSPS) is 12.3. The van der Waals surface area contributed by atoms with E-state index in [-0.39, 0.29) is 11.3 Å². The van der Waals surface area contributed by atoms with Gasteiger partial charge in [0.15, 0.2) is 0 Å². The van der Waals surface area contributed by atoms with Crippen molar-refractivity contribution in [3.05, 3.63) is 76.1 Å². The Bertz CT molecular complexity index is 1020. The van der Waals surface area contributed by atoms with Gasteiger partial charge in [0.05, 0.1) is 11.6 Å². The molecule has 1 heterocycles. The predicted octanol–water partition coefficient (Wildman–Crippen LogP) is 4.46. The number of benzene rings is 2. The van der Waals surface area contributed by atoms with Crippen molar-refractivity contribution in [3.63, 3.8) is 0 Å². The third kappa shape index (κ3) is 8.31. The monoisotopic (exact) mass is 452 g/mol. The quantitative estimate of drug-likeness (QED) is 0.256. The van der Waals surface area contributed by atoms with Crippen LogP contribution < -0.4 is 10.9 Å². The SMILES string of the molecule is O=c1ccc2c([C@@H](O)CNCCCCCCOCCCCc3ccccc3)ccc(O)c2[nH]1. The zero-order valence-corrected chi connectivity index (χ0v) is 19.3. The van der Waals surface area contributed by atoms with Crippen LogP contribution in [-0.2, 0) is 11.2 Å². The number of H-pyrrole nitrogens is 1. The minimum Gasteiger partial charge on any atom is -0.506 e. The lowest BCUT2D eigenvalue weighted by atomic mass is 10.0. The molecule has 6 nitrogen and oxygen atoms in total. The van der Waals surface area contributed by atoms with Gasteiger partial charge in [-0.3, -0.25) is 4.79 Å². The molecule has 0 amide bonds. The summed E-state index contributed by atoms with van der Waals surface area (Å²) in [5.74, 6) is 0.00257. The third-order valence-electron chi connectivity index (χ3n) is 5.84. The maximum absolute atomic E-state index is 11.5. The van der Waals surface area contributed by atoms with Crippen LogP contribution in [-0.4, -0.2) is 41.5 Å². The van der Waals surface area contributed by atoms with Gasteiger partial charge in [-0.2, -0.15) is 0 Å². The number of aromatic hydroxyl groups is 1. The van der Waals surface area contributed by atoms with Gasteiger partial charge in [0.25, 0.3) is 0 Å². The van der Waals surface area contributed by atoms with Gasteiger partial charge in [-0.25, -0.2) is 0 Å². The Labute approximate surface area is 195 Å². The van der Waals surface area contributed by atoms with Gasteiger partial charge in [-0.1, -0.05) is 49.2 Å². The zero-order chi connectivity index (χ0) is 23.3. The Morgan fingerprint density at radius 2 is 1.64 bits per heavy atom. The van der Waals surface area contributed by atoms with E-state index < -0.39 is 6.10 Å². The minimum absolute atomic E-state index is 0.00257. The summed E-state index contributed by atoms with van der Waals surface area (Å²) in [5.41, 5.74) is 2.16. The van der Waals surface area contributed by atoms with E-state index in [0.717, 1.165) is 58.3 Å². The van der Waals surface area contributed by atoms with E-state index in [4.69, 9.17) is 4.74 Å². The number of phenols is 1. The van der Waals surface area contributed by atoms with Gasteiger partial charge in [-0.05, 0) is 61.9 Å². The Morgan fingerprint density at radius 1 is 0.879 bits per heavy atom. The molecule has 0 fully saturated rings. The van der Waals surface area contributed by atoms with Crippen LogP contribution in [0, 0.1) is 0 Å². The number of unbranched alkanes of at least 4 members (excludes halogenated alkanes) is 4. The molecular formula is C27H36N2O4. The first-order valence-electron chi connectivity index (χ1n) is 12.0. The molecule has 33 heavy (non-hydrogen) atoms. The van der Waals surface area contributed by atoms with E-state index in [9.17, 15) is 15.0 Å². The topological polar surface area (TPSA) is 94.6 Å². The molecule has 3 rings (SSSR count). The van der Waals surface area contributed by atoms with Gasteiger partial charge in [0, 0.05) is 31.2 Å². The van der Waals surface area contributed by atoms with Crippen LogP contribution in [0.3, 0.4) is 0 Å². The lowest BCUT2D eigenvalue weighted by Gasteiger charge is -2.15. The first kappa shape index (κ1) is 25.0. The fraction of sp³-hybridized carbons (Fsp3) is 0.444. The predicted molar refractivity (Wildman–Crippen MR) is 133 cm³/mol. The molecular weight excluding hydrogens is 416 g/mol. The molecule has 6 heteroatoms. The summed E-state index contributed by atoms with van der Waals surface area (Å²) in [6, 6.07) is 16.8. The first-order chi connectivity index (χ1) is 16.1. The van der Waals surface area contributed by atoms with Gasteiger partial charge in [0.1, 0.15) is 5.75 Å². The number of aliphatic hydroxyl groups is 1. The van der Waals surface area contributed by atoms with E-state index in [1.165, 1.54) is 24.1 Å². The number of nitrogens with one attached hydrogen (secondary N) is 2. The number of ether oxygens (including phenoxy) is 1. The van der Waals surface area contributed by atoms with Crippen molar-refractivity contribution in [3.8, 4) is 5.75 Å². The summed E-state index contributed by atoms with van der Waals surface area (Å²) >= 11 is 0. The lowest BCUT2D eigenvalue weighted by molar-refractivity contribution is 0.126. The maximum atomic E-state index is 11.5. The van der Waals surface area contributed by atoms with E-state index in [1.54, 1.807) is 12.1 Å². The zero-order valence-electron chi connectivity index (χ0n) is 19.3. The molecule has 0 saturated heterocycles. The van der Waals surface area contributed by atoms with Crippen molar-refractivity contribution in [2.24, 2.45) is 0 Å². The van der Waals surface area contributed by atoms with E-state index in [0.29, 0.717) is 23.0 Å². The molecule has 178 valence electrons. The number of hydrogen-bond acceptors (Lipinski definition) is 5. The van der Waals surface area contributed by atoms with Crippen LogP contribution in [0.15, 0.2) is 59.4 Å². The van der Waals surface area contributed by atoms with Crippen LogP contribution >= 0.6 is 0 Å². The summed E-state index contributed by atoms with van der Waals surface area (Å²) < 4.78 is 5.74. The van der Waals surface area contributed by atoms with Crippen molar-refractivity contribution in [2.75, 3.05) is 26.3 Å². The number of phenolic OH excluding ortho intramolecular Hbond substituents is 1. The highest BCUT2D eigenvalue weighted by Crippen LogP contribution is 2.28. The Hall–Kier alpha value is -2.67. The fourth-order valence-corrected chi connectivity index (χ4v) is 3.99. The molecule has 2 aromatic carbocycles. The summed E-state index contributed by atoms with van der Waals surface area (Å²) in [4.78, 5) is 14.1. The van der Waals surface area contributed by atoms with E-state index in [1.807, 2.05) is 0 Å². The molecule has 4 N–H and O–H groups in total. The highest BCUT2D eigenvalue weighted by Gasteiger charge is 2.13. The molecule has 0 aliphatic carbocycles. The maximum Gasteiger partial charge on any atom is 0.248 e. The molecule has 1 aromatic heterocycles. The minimum atomic E-state index is -0.714. The smallest absolute Gasteiger partial charge is 0.248 e. The van der Waals surface area contributed by atoms with E-state index in [2.05, 4.69) is 40.6 Å². The van der Waals surface area contributed by atoms with Crippen LogP contribution in [0.1, 0.15) is 55.8 Å². The van der Waals surface area contributed by atoms with Gasteiger partial charge >= 0.3 is 0 Å². The van der Waals surface area contributed by atoms with Crippen molar-refractivity contribution >= 4 is 10.9 Å². The number of aryl methyl sites for hydroxylation is 1. The summed E-state index contributed by atoms with van der Waals surface area (Å²) in [7, 11) is 0. The van der Waals surface area contributed by atoms with Gasteiger partial charge < -0.3 is 25.3 Å². The molecule has 0 spiro atoms. The second-order valence-corrected chi connectivity index (χ2v) is 8.47. The van der Waals surface area contributed by atoms with Crippen LogP contribution in [0.25, 0.3) is 10.9 Å². The molecule has 0 radical (unpaired) electrons. The summed E-state index contributed by atoms with van der Waals surface area (Å²) in [6.07, 6.45) is 7.08. The third-order valence-corrected chi connectivity index (χ3v) is 5.84. The standard InChI is InChI=1S/C27H36N2O4/c30-24-15-13-22(23-14-16-26(32)29-27(23)24)25(31)20-28-17-7-1-2-8-18-33-19-9-6-12-21-10-4-3-5-11-21/h3-5,10-11,13-16,25,28,30-31H,1-2,6-9,12,17-20H2,(H,29,32)/t25-/m0/s1. The van der Waals surface area contributed by atoms with Crippen LogP contribution in [0.2, 0.25) is 0 Å². The Balaban J connectivity index is 1.20. The average Bonchev–Trinajstić information content (AvgIpc) is 2.83. The highest BCUT2D eigenvalue weighted by molar-refractivity contribution is 5.87. The number of fused-ring (bicyclic) bond motifs is 1. The first-order valence-corrected chi connectivity index (χ1v) is 12.0. The molecule has 0 aliphatic rings. The van der Waals surface area contributed by atoms with E-state index >= 15 is 0 Å². The Kier molecular flexibility index (Phi) is 10.4. The second kappa shape index (κ2) is 13.8. The average molecular weight is 453 g/mol. The lowest BCUT2D eigenvalue weighted by Crippen LogP contribution is -2.22. The number of rotatable bonds is 15. The van der Waals surface area contributed by atoms with Gasteiger partial charge in [0.2, 0.25) is 5.56 Å². The number of hydrogen-bond donors (Lipinski definition) is 4. The van der Waals surface area contributed by atoms with Crippen LogP contribution in [0.4, 0.5) is 0 Å². The summed E-state index contributed by atoms with van der Waals surface area (Å²) in [5, 5.41) is 24.5. The largest absolute Gasteiger partial charge is 0.506 e. The van der Waals surface area contributed by atoms with Gasteiger partial charge in [-0.15, -0.1) is 0 Å². The molecule has 0 aliphatic heterocycles. The molecule has 3 aromatic rings. The van der Waals surface area contributed by atoms with Crippen LogP contribution in [0.5, 0.6) is 5.75 Å². The fourth-order valence-electron chi connectivity index (χ4n) is 3.99. The molecule has 0 bridgehead atoms. The summed E-state index contributed by atoms with van der Waals surface area (Å²) in [6.45, 7) is 2.93. The van der Waals surface area contributed by atoms with Crippen molar-refractivity contribution in [2.45, 2.75) is 51.0 Å². The van der Waals surface area contributed by atoms with Crippen molar-refractivity contribution in [1.82, 2.24) is 10.3 Å². The molecule has 0 unspecified atom stereocenters. The number of aliphatic hydroxyl groups excluding tert-OH is 1. The second-order valence-electron chi connectivity index (χ2n) is 8.47. The van der Waals surface area contributed by atoms with Crippen molar-refractivity contribution in [1.29, 1.82) is 0 Å². The van der Waals surface area contributed by atoms with Crippen molar-refractivity contribution < 1.29 is 14.9 Å². The number of aromatic nitrogens is 1. The highest BCUT2D eigenvalue weighted by atomic mass is 16.5. The number of pyridine rings is 1. The Morgan fingerprint density at radius 3 is 2.45 bits per heavy atom. The molecule has 0 saturated carbocycles. The number of aromatic amines is 1. The molecule has 1 atom stereocenters.